The van der Waals surface area contributed by atoms with Gasteiger partial charge in [-0.3, -0.25) is 24.1 Å². The summed E-state index contributed by atoms with van der Waals surface area (Å²) in [4.78, 5) is 44.5. The molecule has 7 nitrogen and oxygen atoms in total. The van der Waals surface area contributed by atoms with Gasteiger partial charge in [-0.25, -0.2) is 6.57 Å². The highest BCUT2D eigenvalue weighted by Crippen LogP contribution is 2.46. The van der Waals surface area contributed by atoms with Gasteiger partial charge < -0.3 is 10.6 Å². The summed E-state index contributed by atoms with van der Waals surface area (Å²) in [6.07, 6.45) is -0.0803. The van der Waals surface area contributed by atoms with Crippen LogP contribution in [0.4, 0.5) is 5.69 Å². The number of likely N-dealkylation sites (tertiary alicyclic amines) is 1. The lowest BCUT2D eigenvalue weighted by Gasteiger charge is -2.26. The van der Waals surface area contributed by atoms with Gasteiger partial charge in [-0.1, -0.05) is 50.2 Å². The minimum atomic E-state index is -0.937. The average Bonchev–Trinajstić information content (AvgIpc) is 3.31. The fourth-order valence-electron chi connectivity index (χ4n) is 4.68. The van der Waals surface area contributed by atoms with E-state index in [9.17, 15) is 14.4 Å². The van der Waals surface area contributed by atoms with Gasteiger partial charge in [-0.15, -0.1) is 0 Å². The van der Waals surface area contributed by atoms with Crippen molar-refractivity contribution in [2.24, 2.45) is 5.92 Å². The van der Waals surface area contributed by atoms with E-state index in [1.165, 1.54) is 4.90 Å². The van der Waals surface area contributed by atoms with Crippen LogP contribution in [0.15, 0.2) is 54.6 Å². The summed E-state index contributed by atoms with van der Waals surface area (Å²) >= 11 is 0. The maximum Gasteiger partial charge on any atom is 0.302 e. The largest absolute Gasteiger partial charge is 0.340 e. The molecule has 3 amide bonds. The maximum atomic E-state index is 13.6. The Bertz CT molecular complexity index is 1090. The third-order valence-electron chi connectivity index (χ3n) is 6.24. The normalized spacial score (nSPS) is 22.4. The van der Waals surface area contributed by atoms with Crippen molar-refractivity contribution in [3.8, 4) is 0 Å². The molecule has 2 aliphatic heterocycles. The Morgan fingerprint density at radius 2 is 1.88 bits per heavy atom. The van der Waals surface area contributed by atoms with Gasteiger partial charge in [-0.2, -0.15) is 0 Å². The molecule has 0 aromatic heterocycles. The highest BCUT2D eigenvalue weighted by Gasteiger charge is 2.59. The predicted molar refractivity (Wildman–Crippen MR) is 121 cm³/mol. The van der Waals surface area contributed by atoms with E-state index in [-0.39, 0.29) is 36.6 Å². The van der Waals surface area contributed by atoms with Crippen molar-refractivity contribution in [3.63, 3.8) is 0 Å². The van der Waals surface area contributed by atoms with Crippen LogP contribution in [0.1, 0.15) is 42.6 Å². The second-order valence-electron chi connectivity index (χ2n) is 8.88. The third-order valence-corrected chi connectivity index (χ3v) is 6.24. The van der Waals surface area contributed by atoms with Gasteiger partial charge in [0.1, 0.15) is 11.5 Å². The molecule has 164 valence electrons. The highest BCUT2D eigenvalue weighted by atomic mass is 16.2. The molecule has 3 atom stereocenters. The van der Waals surface area contributed by atoms with Crippen molar-refractivity contribution in [2.45, 2.75) is 44.3 Å². The number of nitrogens with zero attached hydrogens (tertiary/aromatic N) is 2. The van der Waals surface area contributed by atoms with E-state index in [0.717, 1.165) is 11.3 Å². The zero-order chi connectivity index (χ0) is 22.9. The number of carbonyl (C=O) groups is 3. The van der Waals surface area contributed by atoms with E-state index >= 15 is 0 Å². The summed E-state index contributed by atoms with van der Waals surface area (Å²) in [6.45, 7) is 11.8. The van der Waals surface area contributed by atoms with Crippen molar-refractivity contribution in [1.82, 2.24) is 10.2 Å². The van der Waals surface area contributed by atoms with E-state index in [1.807, 2.05) is 44.2 Å². The number of amides is 3. The molecule has 0 bridgehead atoms. The molecule has 2 aliphatic rings. The summed E-state index contributed by atoms with van der Waals surface area (Å²) < 4.78 is 0. The fourth-order valence-corrected chi connectivity index (χ4v) is 4.68. The van der Waals surface area contributed by atoms with Gasteiger partial charge in [0, 0.05) is 17.8 Å². The fraction of sp³-hybridized carbons (Fsp3) is 0.360. The number of rotatable bonds is 5. The lowest BCUT2D eigenvalue weighted by molar-refractivity contribution is -0.134. The number of para-hydroxylation sites is 1. The second kappa shape index (κ2) is 8.46. The van der Waals surface area contributed by atoms with E-state index in [4.69, 9.17) is 6.57 Å². The standard InChI is InChI=1S/C25H26N4O3/c1-16(2)13-20(27-22(30)17-9-5-4-6-10-17)23(31)29-15-25(14-21(29)26-3)18-11-7-8-12-19(18)28-24(25)32/h4-12,16,20-21H,13-15H2,1-2H3,(H,27,30)(H,28,32). The van der Waals surface area contributed by atoms with E-state index in [0.29, 0.717) is 12.0 Å². The summed E-state index contributed by atoms with van der Waals surface area (Å²) in [5.41, 5.74) is 1.08. The number of carbonyl (C=O) groups excluding carboxylic acids is 3. The first-order valence-electron chi connectivity index (χ1n) is 10.8. The minimum Gasteiger partial charge on any atom is -0.340 e. The summed E-state index contributed by atoms with van der Waals surface area (Å²) in [6, 6.07) is 15.4. The molecule has 2 aromatic rings. The molecule has 7 heteroatoms. The SMILES string of the molecule is [C-]#[N+]C1CC2(CN1C(=O)C(CC(C)C)NC(=O)c1ccccc1)C(=O)Nc1ccccc12. The van der Waals surface area contributed by atoms with Crippen LogP contribution >= 0.6 is 0 Å². The van der Waals surface area contributed by atoms with Crippen LogP contribution in [0.3, 0.4) is 0 Å². The monoisotopic (exact) mass is 430 g/mol. The summed E-state index contributed by atoms with van der Waals surface area (Å²) in [5.74, 6) is -0.685. The van der Waals surface area contributed by atoms with E-state index in [1.54, 1.807) is 24.3 Å². The lowest BCUT2D eigenvalue weighted by atomic mass is 9.80. The summed E-state index contributed by atoms with van der Waals surface area (Å²) in [5, 5.41) is 5.76. The molecule has 0 aliphatic carbocycles. The molecule has 1 fully saturated rings. The van der Waals surface area contributed by atoms with Gasteiger partial charge in [0.15, 0.2) is 0 Å². The van der Waals surface area contributed by atoms with Crippen molar-refractivity contribution >= 4 is 23.4 Å². The Morgan fingerprint density at radius 3 is 2.56 bits per heavy atom. The number of hydrogen-bond donors (Lipinski definition) is 2. The molecule has 0 radical (unpaired) electrons. The Kier molecular flexibility index (Phi) is 5.70. The van der Waals surface area contributed by atoms with Gasteiger partial charge >= 0.3 is 6.17 Å². The summed E-state index contributed by atoms with van der Waals surface area (Å²) in [7, 11) is 0. The number of anilines is 1. The molecule has 2 heterocycles. The molecule has 3 unspecified atom stereocenters. The smallest absolute Gasteiger partial charge is 0.302 e. The van der Waals surface area contributed by atoms with Crippen molar-refractivity contribution in [3.05, 3.63) is 77.1 Å². The Balaban J connectivity index is 1.61. The van der Waals surface area contributed by atoms with E-state index < -0.39 is 17.6 Å². The maximum absolute atomic E-state index is 13.6. The van der Waals surface area contributed by atoms with Crippen molar-refractivity contribution in [2.75, 3.05) is 11.9 Å². The Labute approximate surface area is 187 Å². The minimum absolute atomic E-state index is 0.123. The zero-order valence-corrected chi connectivity index (χ0v) is 18.2. The average molecular weight is 431 g/mol. The Hall–Kier alpha value is -3.66. The van der Waals surface area contributed by atoms with Crippen LogP contribution in [0.5, 0.6) is 0 Å². The predicted octanol–water partition coefficient (Wildman–Crippen LogP) is 3.20. The highest BCUT2D eigenvalue weighted by molar-refractivity contribution is 6.07. The zero-order valence-electron chi connectivity index (χ0n) is 18.2. The van der Waals surface area contributed by atoms with Gasteiger partial charge in [0.25, 0.3) is 11.8 Å². The molecule has 1 saturated heterocycles. The van der Waals surface area contributed by atoms with Gasteiger partial charge in [-0.05, 0) is 36.1 Å². The Morgan fingerprint density at radius 1 is 1.19 bits per heavy atom. The first kappa shape index (κ1) is 21.6. The number of fused-ring (bicyclic) bond motifs is 2. The van der Waals surface area contributed by atoms with Crippen LogP contribution < -0.4 is 10.6 Å². The van der Waals surface area contributed by atoms with Crippen molar-refractivity contribution in [1.29, 1.82) is 0 Å². The third kappa shape index (κ3) is 3.73. The second-order valence-corrected chi connectivity index (χ2v) is 8.88. The van der Waals surface area contributed by atoms with Crippen molar-refractivity contribution < 1.29 is 14.4 Å². The molecule has 4 rings (SSSR count). The molecular weight excluding hydrogens is 404 g/mol. The first-order valence-corrected chi connectivity index (χ1v) is 10.8. The first-order chi connectivity index (χ1) is 15.4. The molecular formula is C25H26N4O3. The van der Waals surface area contributed by atoms with Gasteiger partial charge in [0.2, 0.25) is 5.91 Å². The molecule has 1 spiro atoms. The number of hydrogen-bond acceptors (Lipinski definition) is 3. The lowest BCUT2D eigenvalue weighted by Crippen LogP contribution is -2.51. The van der Waals surface area contributed by atoms with Crippen LogP contribution in [0.25, 0.3) is 4.85 Å². The molecule has 2 aromatic carbocycles. The topological polar surface area (TPSA) is 82.9 Å². The quantitative estimate of drug-likeness (QED) is 0.715. The van der Waals surface area contributed by atoms with Crippen LogP contribution in [0.2, 0.25) is 0 Å². The van der Waals surface area contributed by atoms with Gasteiger partial charge in [0.05, 0.1) is 6.42 Å². The molecule has 32 heavy (non-hydrogen) atoms. The van der Waals surface area contributed by atoms with Crippen LogP contribution in [-0.2, 0) is 15.0 Å². The van der Waals surface area contributed by atoms with E-state index in [2.05, 4.69) is 15.5 Å². The number of nitrogens with one attached hydrogen (secondary N) is 2. The molecule has 2 N–H and O–H groups in total. The van der Waals surface area contributed by atoms with Crippen LogP contribution in [0, 0.1) is 12.5 Å². The molecule has 0 saturated carbocycles. The van der Waals surface area contributed by atoms with Crippen LogP contribution in [-0.4, -0.2) is 41.4 Å². The number of benzene rings is 2.